The third kappa shape index (κ3) is 6.66. The van der Waals surface area contributed by atoms with Crippen LogP contribution in [0.25, 0.3) is 11.1 Å². The second-order valence-electron chi connectivity index (χ2n) is 8.77. The van der Waals surface area contributed by atoms with Gasteiger partial charge in [-0.1, -0.05) is 6.07 Å². The van der Waals surface area contributed by atoms with Crippen LogP contribution in [-0.4, -0.2) is 63.6 Å². The molecule has 2 aliphatic heterocycles. The summed E-state index contributed by atoms with van der Waals surface area (Å²) in [6.45, 7) is 7.17. The number of nitrogens with zero attached hydrogens (tertiary/aromatic N) is 2. The Balaban J connectivity index is 1.40. The van der Waals surface area contributed by atoms with Crippen LogP contribution in [0.2, 0.25) is 0 Å². The first-order valence-corrected chi connectivity index (χ1v) is 16.4. The maximum atomic E-state index is 13.1. The molecule has 2 aliphatic rings. The number of anilines is 2. The molecule has 1 N–H and O–H groups in total. The smallest absolute Gasteiger partial charge is 0.255 e. The Hall–Kier alpha value is -2.66. The first-order valence-electron chi connectivity index (χ1n) is 12.4. The van der Waals surface area contributed by atoms with Gasteiger partial charge in [-0.25, -0.2) is 0 Å². The predicted molar refractivity (Wildman–Crippen MR) is 157 cm³/mol. The first kappa shape index (κ1) is 26.9. The number of nitrogens with one attached hydrogen (secondary N) is 1. The van der Waals surface area contributed by atoms with E-state index >= 15 is 0 Å². The van der Waals surface area contributed by atoms with Crippen LogP contribution in [-0.2, 0) is 9.26 Å². The largest absolute Gasteiger partial charge is 0.486 e. The molecule has 0 radical (unpaired) electrons. The highest BCUT2D eigenvalue weighted by molar-refractivity contribution is 14.2. The Kier molecular flexibility index (Phi) is 9.16. The summed E-state index contributed by atoms with van der Waals surface area (Å²) < 4.78 is 28.1. The molecule has 1 fully saturated rings. The van der Waals surface area contributed by atoms with E-state index in [1.807, 2.05) is 31.2 Å². The van der Waals surface area contributed by atoms with Gasteiger partial charge in [0.1, 0.15) is 25.6 Å². The average molecular weight is 649 g/mol. The van der Waals surface area contributed by atoms with Crippen LogP contribution >= 0.6 is 28.5 Å². The summed E-state index contributed by atoms with van der Waals surface area (Å²) in [7, 11) is 0. The van der Waals surface area contributed by atoms with Crippen molar-refractivity contribution < 1.29 is 28.3 Å². The van der Waals surface area contributed by atoms with Crippen LogP contribution in [0, 0.1) is 6.92 Å². The summed E-state index contributed by atoms with van der Waals surface area (Å²) in [4.78, 5) is 20.0. The minimum atomic E-state index is -0.222. The van der Waals surface area contributed by atoms with Crippen LogP contribution in [0.3, 0.4) is 0 Å². The van der Waals surface area contributed by atoms with Crippen LogP contribution in [0.4, 0.5) is 11.5 Å². The molecule has 200 valence electrons. The standard InChI is InChI=1S/C27H29IN3O6P/c1-18-2-4-21(29-27(32)19-3-5-23-24(14-19)35-11-10-34-23)17-22(18)20-15-25(31-6-8-33-9-7-31)30-26(16-20)36-12-13-37-38-28/h2-5,14-17,38H,6-13H2,1H3,(H,29,32). The first-order chi connectivity index (χ1) is 18.6. The quantitative estimate of drug-likeness (QED) is 0.191. The molecule has 1 amide bonds. The van der Waals surface area contributed by atoms with Crippen LogP contribution in [0.1, 0.15) is 15.9 Å². The molecule has 38 heavy (non-hydrogen) atoms. The van der Waals surface area contributed by atoms with Crippen molar-refractivity contribution in [3.05, 3.63) is 59.7 Å². The maximum absolute atomic E-state index is 13.1. The summed E-state index contributed by atoms with van der Waals surface area (Å²) in [5, 5.41) is 3.02. The molecular formula is C27H29IN3O6P. The van der Waals surface area contributed by atoms with Gasteiger partial charge in [0, 0.05) is 30.4 Å². The van der Waals surface area contributed by atoms with Crippen molar-refractivity contribution in [2.75, 3.05) is 62.9 Å². The number of halogens is 1. The lowest BCUT2D eigenvalue weighted by atomic mass is 10.00. The van der Waals surface area contributed by atoms with Gasteiger partial charge in [0.05, 0.1) is 26.3 Å². The predicted octanol–water partition coefficient (Wildman–Crippen LogP) is 5.26. The molecule has 3 heterocycles. The Bertz CT molecular complexity index is 1290. The number of aromatic nitrogens is 1. The van der Waals surface area contributed by atoms with E-state index in [0.717, 1.165) is 35.6 Å². The summed E-state index contributed by atoms with van der Waals surface area (Å²) in [6.07, 6.45) is 0. The molecule has 0 saturated carbocycles. The second-order valence-corrected chi connectivity index (χ2v) is 10.5. The summed E-state index contributed by atoms with van der Waals surface area (Å²) in [6, 6.07) is 15.1. The number of morpholine rings is 1. The lowest BCUT2D eigenvalue weighted by Crippen LogP contribution is -2.36. The van der Waals surface area contributed by atoms with E-state index < -0.39 is 0 Å². The highest BCUT2D eigenvalue weighted by Gasteiger charge is 2.18. The van der Waals surface area contributed by atoms with E-state index in [-0.39, 0.29) is 5.91 Å². The molecule has 1 unspecified atom stereocenters. The summed E-state index contributed by atoms with van der Waals surface area (Å²) in [5.74, 6) is 2.38. The number of pyridine rings is 1. The van der Waals surface area contributed by atoms with E-state index in [1.165, 1.54) is 0 Å². The third-order valence-corrected chi connectivity index (χ3v) is 7.47. The van der Waals surface area contributed by atoms with Gasteiger partial charge in [-0.05, 0) is 82.1 Å². The zero-order valence-electron chi connectivity index (χ0n) is 21.0. The number of fused-ring (bicyclic) bond motifs is 1. The zero-order valence-corrected chi connectivity index (χ0v) is 24.2. The molecule has 2 aromatic carbocycles. The van der Waals surface area contributed by atoms with E-state index in [9.17, 15) is 4.79 Å². The molecule has 5 rings (SSSR count). The molecule has 0 aliphatic carbocycles. The normalized spacial score (nSPS) is 15.1. The molecule has 3 aromatic rings. The fourth-order valence-electron chi connectivity index (χ4n) is 4.30. The maximum Gasteiger partial charge on any atom is 0.255 e. The van der Waals surface area contributed by atoms with Crippen molar-refractivity contribution in [2.24, 2.45) is 0 Å². The third-order valence-electron chi connectivity index (χ3n) is 6.22. The number of hydrogen-bond donors (Lipinski definition) is 1. The molecule has 1 aromatic heterocycles. The lowest BCUT2D eigenvalue weighted by Gasteiger charge is -2.28. The molecule has 0 spiro atoms. The number of carbonyl (C=O) groups is 1. The Labute approximate surface area is 236 Å². The van der Waals surface area contributed by atoms with E-state index in [4.69, 9.17) is 28.5 Å². The number of benzene rings is 2. The van der Waals surface area contributed by atoms with Gasteiger partial charge in [0.15, 0.2) is 11.5 Å². The van der Waals surface area contributed by atoms with Crippen molar-refractivity contribution >= 4 is 45.9 Å². The van der Waals surface area contributed by atoms with Gasteiger partial charge in [0.2, 0.25) is 5.88 Å². The highest BCUT2D eigenvalue weighted by atomic mass is 127. The molecule has 1 atom stereocenters. The minimum Gasteiger partial charge on any atom is -0.486 e. The van der Waals surface area contributed by atoms with E-state index in [2.05, 4.69) is 38.3 Å². The van der Waals surface area contributed by atoms with Crippen LogP contribution in [0.5, 0.6) is 17.4 Å². The van der Waals surface area contributed by atoms with E-state index in [0.29, 0.717) is 74.7 Å². The highest BCUT2D eigenvalue weighted by Crippen LogP contribution is 2.34. The number of amides is 1. The summed E-state index contributed by atoms with van der Waals surface area (Å²) in [5.41, 5.74) is 4.20. The number of hydrogen-bond acceptors (Lipinski definition) is 8. The van der Waals surface area contributed by atoms with Crippen LogP contribution in [0.15, 0.2) is 48.5 Å². The molecular weight excluding hydrogens is 620 g/mol. The van der Waals surface area contributed by atoms with Gasteiger partial charge >= 0.3 is 0 Å². The van der Waals surface area contributed by atoms with Crippen LogP contribution < -0.4 is 24.4 Å². The molecule has 11 heteroatoms. The fourth-order valence-corrected chi connectivity index (χ4v) is 5.12. The van der Waals surface area contributed by atoms with E-state index in [1.54, 1.807) is 18.2 Å². The van der Waals surface area contributed by atoms with Crippen molar-refractivity contribution in [1.29, 1.82) is 0 Å². The Morgan fingerprint density at radius 2 is 1.84 bits per heavy atom. The Morgan fingerprint density at radius 1 is 1.03 bits per heavy atom. The number of aryl methyl sites for hydroxylation is 1. The van der Waals surface area contributed by atoms with Crippen molar-refractivity contribution in [1.82, 2.24) is 4.98 Å². The molecule has 1 saturated heterocycles. The number of rotatable bonds is 9. The van der Waals surface area contributed by atoms with Gasteiger partial charge in [-0.15, -0.1) is 0 Å². The van der Waals surface area contributed by atoms with Crippen molar-refractivity contribution in [3.8, 4) is 28.5 Å². The average Bonchev–Trinajstić information content (AvgIpc) is 2.96. The molecule has 9 nitrogen and oxygen atoms in total. The Morgan fingerprint density at radius 3 is 2.66 bits per heavy atom. The monoisotopic (exact) mass is 649 g/mol. The van der Waals surface area contributed by atoms with Gasteiger partial charge < -0.3 is 33.7 Å². The number of carbonyl (C=O) groups excluding carboxylic acids is 1. The van der Waals surface area contributed by atoms with Gasteiger partial charge in [0.25, 0.3) is 5.91 Å². The van der Waals surface area contributed by atoms with Crippen molar-refractivity contribution in [2.45, 2.75) is 6.92 Å². The molecule has 0 bridgehead atoms. The number of ether oxygens (including phenoxy) is 4. The lowest BCUT2D eigenvalue weighted by molar-refractivity contribution is 0.102. The SMILES string of the molecule is Cc1ccc(NC(=O)c2ccc3c(c2)OCCO3)cc1-c1cc(OCCOPI)nc(N2CCOCC2)c1. The van der Waals surface area contributed by atoms with Gasteiger partial charge in [-0.3, -0.25) is 4.79 Å². The van der Waals surface area contributed by atoms with Crippen molar-refractivity contribution in [3.63, 3.8) is 0 Å². The second kappa shape index (κ2) is 12.9. The minimum absolute atomic E-state index is 0.222. The zero-order chi connectivity index (χ0) is 26.3. The summed E-state index contributed by atoms with van der Waals surface area (Å²) >= 11 is 2.19. The fraction of sp³-hybridized carbons (Fsp3) is 0.333. The van der Waals surface area contributed by atoms with Gasteiger partial charge in [-0.2, -0.15) is 4.98 Å². The topological polar surface area (TPSA) is 91.4 Å².